The summed E-state index contributed by atoms with van der Waals surface area (Å²) in [5.41, 5.74) is 3.67. The van der Waals surface area contributed by atoms with Crippen LogP contribution in [0.1, 0.15) is 48.4 Å². The van der Waals surface area contributed by atoms with E-state index in [1.807, 2.05) is 24.4 Å². The first-order valence-electron chi connectivity index (χ1n) is 11.5. The van der Waals surface area contributed by atoms with Gasteiger partial charge in [-0.2, -0.15) is 0 Å². The molecule has 1 N–H and O–H groups in total. The summed E-state index contributed by atoms with van der Waals surface area (Å²) in [4.78, 5) is 16.7. The molecule has 0 spiro atoms. The number of nitrogens with zero attached hydrogens (tertiary/aromatic N) is 6. The smallest absolute Gasteiger partial charge is 0.138 e. The molecule has 0 amide bonds. The topological polar surface area (TPSA) is 60.1 Å². The van der Waals surface area contributed by atoms with Crippen molar-refractivity contribution in [1.82, 2.24) is 24.2 Å². The fourth-order valence-corrected chi connectivity index (χ4v) is 5.53. The Balaban J connectivity index is 1.54. The normalized spacial score (nSPS) is 23.2. The SMILES string of the molecule is CN1CCN(c2cccc3nc(C4CCCC(c5ncccc5Cl)N4C)c(CO)n23)CC1. The summed E-state index contributed by atoms with van der Waals surface area (Å²) < 4.78 is 2.16. The number of aliphatic hydroxyl groups is 1. The van der Waals surface area contributed by atoms with Crippen molar-refractivity contribution in [3.8, 4) is 0 Å². The van der Waals surface area contributed by atoms with Crippen LogP contribution in [0.2, 0.25) is 5.02 Å². The van der Waals surface area contributed by atoms with E-state index in [9.17, 15) is 5.11 Å². The average molecular weight is 455 g/mol. The summed E-state index contributed by atoms with van der Waals surface area (Å²) in [7, 11) is 4.29. The zero-order valence-electron chi connectivity index (χ0n) is 18.8. The quantitative estimate of drug-likeness (QED) is 0.650. The van der Waals surface area contributed by atoms with E-state index in [1.165, 1.54) is 0 Å². The Hall–Kier alpha value is -2.19. The van der Waals surface area contributed by atoms with Gasteiger partial charge in [-0.05, 0) is 57.6 Å². The highest BCUT2D eigenvalue weighted by molar-refractivity contribution is 6.31. The lowest BCUT2D eigenvalue weighted by Crippen LogP contribution is -2.45. The van der Waals surface area contributed by atoms with E-state index in [2.05, 4.69) is 50.3 Å². The van der Waals surface area contributed by atoms with Crippen LogP contribution in [0.15, 0.2) is 36.5 Å². The second-order valence-electron chi connectivity index (χ2n) is 8.97. The van der Waals surface area contributed by atoms with Crippen molar-refractivity contribution in [3.63, 3.8) is 0 Å². The number of anilines is 1. The summed E-state index contributed by atoms with van der Waals surface area (Å²) in [5, 5.41) is 11.2. The molecule has 32 heavy (non-hydrogen) atoms. The Kier molecular flexibility index (Phi) is 6.07. The van der Waals surface area contributed by atoms with Gasteiger partial charge in [-0.15, -0.1) is 0 Å². The molecule has 2 saturated heterocycles. The zero-order valence-corrected chi connectivity index (χ0v) is 19.5. The number of halogens is 1. The van der Waals surface area contributed by atoms with Crippen LogP contribution in [0.4, 0.5) is 5.82 Å². The molecule has 2 unspecified atom stereocenters. The van der Waals surface area contributed by atoms with Gasteiger partial charge < -0.3 is 14.9 Å². The Morgan fingerprint density at radius 3 is 2.47 bits per heavy atom. The fourth-order valence-electron chi connectivity index (χ4n) is 5.29. The predicted molar refractivity (Wildman–Crippen MR) is 127 cm³/mol. The van der Waals surface area contributed by atoms with Crippen LogP contribution in [-0.2, 0) is 6.61 Å². The average Bonchev–Trinajstić information content (AvgIpc) is 3.19. The number of aliphatic hydroxyl groups excluding tert-OH is 1. The van der Waals surface area contributed by atoms with Gasteiger partial charge in [-0.25, -0.2) is 4.98 Å². The maximum atomic E-state index is 10.5. The van der Waals surface area contributed by atoms with E-state index < -0.39 is 0 Å². The van der Waals surface area contributed by atoms with Crippen LogP contribution in [0.3, 0.4) is 0 Å². The summed E-state index contributed by atoms with van der Waals surface area (Å²) in [6.45, 7) is 3.96. The minimum atomic E-state index is -0.0411. The predicted octanol–water partition coefficient (Wildman–Crippen LogP) is 3.52. The molecule has 2 fully saturated rings. The Morgan fingerprint density at radius 1 is 1.00 bits per heavy atom. The molecule has 3 aromatic heterocycles. The van der Waals surface area contributed by atoms with E-state index in [-0.39, 0.29) is 18.7 Å². The molecular weight excluding hydrogens is 424 g/mol. The number of piperidine rings is 1. The molecule has 0 aromatic carbocycles. The molecule has 5 heterocycles. The van der Waals surface area contributed by atoms with Crippen LogP contribution in [0.5, 0.6) is 0 Å². The Bertz CT molecular complexity index is 1090. The minimum Gasteiger partial charge on any atom is -0.390 e. The van der Waals surface area contributed by atoms with Gasteiger partial charge in [-0.1, -0.05) is 17.7 Å². The van der Waals surface area contributed by atoms with Crippen LogP contribution in [-0.4, -0.2) is 69.5 Å². The van der Waals surface area contributed by atoms with Crippen molar-refractivity contribution in [2.75, 3.05) is 45.2 Å². The first-order valence-corrected chi connectivity index (χ1v) is 11.8. The van der Waals surface area contributed by atoms with E-state index in [0.29, 0.717) is 5.02 Å². The third-order valence-corrected chi connectivity index (χ3v) is 7.40. The summed E-state index contributed by atoms with van der Waals surface area (Å²) in [6, 6.07) is 10.3. The lowest BCUT2D eigenvalue weighted by Gasteiger charge is -2.39. The molecule has 7 nitrogen and oxygen atoms in total. The van der Waals surface area contributed by atoms with E-state index in [4.69, 9.17) is 16.6 Å². The number of pyridine rings is 2. The molecule has 0 radical (unpaired) electrons. The molecule has 2 aliphatic rings. The van der Waals surface area contributed by atoms with Crippen LogP contribution in [0, 0.1) is 0 Å². The summed E-state index contributed by atoms with van der Waals surface area (Å²) in [6.07, 6.45) is 4.89. The van der Waals surface area contributed by atoms with E-state index in [1.54, 1.807) is 0 Å². The second kappa shape index (κ2) is 8.98. The molecule has 2 aliphatic heterocycles. The number of fused-ring (bicyclic) bond motifs is 1. The largest absolute Gasteiger partial charge is 0.390 e. The van der Waals surface area contributed by atoms with Gasteiger partial charge in [0.25, 0.3) is 0 Å². The van der Waals surface area contributed by atoms with Crippen LogP contribution >= 0.6 is 11.6 Å². The third-order valence-electron chi connectivity index (χ3n) is 7.08. The number of aromatic nitrogens is 3. The lowest BCUT2D eigenvalue weighted by atomic mass is 9.91. The van der Waals surface area contributed by atoms with Gasteiger partial charge in [-0.3, -0.25) is 14.3 Å². The van der Waals surface area contributed by atoms with Gasteiger partial charge in [0.1, 0.15) is 11.5 Å². The zero-order chi connectivity index (χ0) is 22.2. The van der Waals surface area contributed by atoms with Crippen molar-refractivity contribution in [2.24, 2.45) is 0 Å². The number of rotatable bonds is 4. The molecule has 5 rings (SSSR count). The Labute approximate surface area is 194 Å². The van der Waals surface area contributed by atoms with E-state index >= 15 is 0 Å². The van der Waals surface area contributed by atoms with Crippen molar-refractivity contribution < 1.29 is 5.11 Å². The molecule has 170 valence electrons. The van der Waals surface area contributed by atoms with Gasteiger partial charge in [0.05, 0.1) is 40.8 Å². The number of piperazine rings is 1. The van der Waals surface area contributed by atoms with Gasteiger partial charge in [0, 0.05) is 32.4 Å². The third kappa shape index (κ3) is 3.77. The molecular formula is C24H31ClN6O. The lowest BCUT2D eigenvalue weighted by molar-refractivity contribution is 0.108. The molecule has 3 aromatic rings. The van der Waals surface area contributed by atoms with Crippen molar-refractivity contribution in [2.45, 2.75) is 38.0 Å². The van der Waals surface area contributed by atoms with Crippen LogP contribution < -0.4 is 4.90 Å². The molecule has 0 saturated carbocycles. The molecule has 2 atom stereocenters. The monoisotopic (exact) mass is 454 g/mol. The van der Waals surface area contributed by atoms with E-state index in [0.717, 1.165) is 74.0 Å². The maximum Gasteiger partial charge on any atom is 0.138 e. The number of likely N-dealkylation sites (tertiary alicyclic amines) is 1. The standard InChI is InChI=1S/C24H31ClN6O/c1-28-12-14-30(15-13-28)22-10-4-9-21-27-24(20(16-32)31(21)22)19-8-3-7-18(29(19)2)23-17(25)6-5-11-26-23/h4-6,9-11,18-19,32H,3,7-8,12-16H2,1-2H3. The van der Waals surface area contributed by atoms with Gasteiger partial charge >= 0.3 is 0 Å². The fraction of sp³-hybridized carbons (Fsp3) is 0.500. The number of likely N-dealkylation sites (N-methyl/N-ethyl adjacent to an activating group) is 1. The first-order chi connectivity index (χ1) is 15.6. The minimum absolute atomic E-state index is 0.0411. The summed E-state index contributed by atoms with van der Waals surface area (Å²) >= 11 is 6.50. The number of hydrogen-bond donors (Lipinski definition) is 1. The number of hydrogen-bond acceptors (Lipinski definition) is 6. The second-order valence-corrected chi connectivity index (χ2v) is 9.38. The Morgan fingerprint density at radius 2 is 1.75 bits per heavy atom. The molecule has 8 heteroatoms. The van der Waals surface area contributed by atoms with Crippen molar-refractivity contribution in [1.29, 1.82) is 0 Å². The van der Waals surface area contributed by atoms with Crippen LogP contribution in [0.25, 0.3) is 5.65 Å². The first kappa shape index (κ1) is 21.6. The maximum absolute atomic E-state index is 10.5. The summed E-state index contributed by atoms with van der Waals surface area (Å²) in [5.74, 6) is 1.11. The highest BCUT2D eigenvalue weighted by Crippen LogP contribution is 2.42. The molecule has 0 aliphatic carbocycles. The van der Waals surface area contributed by atoms with Crippen molar-refractivity contribution in [3.05, 3.63) is 58.6 Å². The molecule has 0 bridgehead atoms. The highest BCUT2D eigenvalue weighted by atomic mass is 35.5. The van der Waals surface area contributed by atoms with Gasteiger partial charge in [0.15, 0.2) is 0 Å². The highest BCUT2D eigenvalue weighted by Gasteiger charge is 2.35. The number of imidazole rings is 1. The van der Waals surface area contributed by atoms with Gasteiger partial charge in [0.2, 0.25) is 0 Å². The van der Waals surface area contributed by atoms with Crippen molar-refractivity contribution >= 4 is 23.1 Å².